The largest absolute Gasteiger partial charge is 0.490 e. The molecule has 2 atom stereocenters. The van der Waals surface area contributed by atoms with Crippen molar-refractivity contribution in [2.75, 3.05) is 59.1 Å². The van der Waals surface area contributed by atoms with Crippen LogP contribution < -0.4 is 9.46 Å². The molecule has 178 valence electrons. The Kier molecular flexibility index (Phi) is 8.37. The number of benzene rings is 1. The van der Waals surface area contributed by atoms with Crippen molar-refractivity contribution < 1.29 is 22.7 Å². The number of halogens is 1. The van der Waals surface area contributed by atoms with Gasteiger partial charge in [0.2, 0.25) is 21.8 Å². The van der Waals surface area contributed by atoms with E-state index >= 15 is 0 Å². The summed E-state index contributed by atoms with van der Waals surface area (Å²) in [7, 11) is -1.43. The second-order valence-corrected chi connectivity index (χ2v) is 10.7. The Bertz CT molecular complexity index is 903. The van der Waals surface area contributed by atoms with Crippen LogP contribution in [0, 0.1) is 5.92 Å². The number of hydrogen-bond acceptors (Lipinski definition) is 6. The van der Waals surface area contributed by atoms with Crippen LogP contribution >= 0.6 is 11.6 Å². The van der Waals surface area contributed by atoms with Gasteiger partial charge in [-0.2, -0.15) is 0 Å². The molecular weight excluding hydrogens is 456 g/mol. The molecule has 3 rings (SSSR count). The number of nitrogens with zero attached hydrogens (tertiary/aromatic N) is 3. The molecule has 2 heterocycles. The minimum absolute atomic E-state index is 0.0522. The van der Waals surface area contributed by atoms with E-state index in [1.54, 1.807) is 29.2 Å². The number of piperazine rings is 1. The van der Waals surface area contributed by atoms with Gasteiger partial charge < -0.3 is 19.4 Å². The van der Waals surface area contributed by atoms with E-state index in [0.29, 0.717) is 43.4 Å². The lowest BCUT2D eigenvalue weighted by atomic mass is 9.90. The molecule has 2 saturated heterocycles. The lowest BCUT2D eigenvalue weighted by Gasteiger charge is -2.40. The predicted octanol–water partition coefficient (Wildman–Crippen LogP) is 0.649. The summed E-state index contributed by atoms with van der Waals surface area (Å²) in [4.78, 5) is 31.2. The fourth-order valence-electron chi connectivity index (χ4n) is 3.99. The summed E-state index contributed by atoms with van der Waals surface area (Å²) in [5.41, 5.74) is 0. The van der Waals surface area contributed by atoms with Crippen LogP contribution in [0.2, 0.25) is 5.02 Å². The molecule has 0 aliphatic carbocycles. The summed E-state index contributed by atoms with van der Waals surface area (Å²) in [5.74, 6) is 0.206. The number of rotatable bonds is 7. The third-order valence-electron chi connectivity index (χ3n) is 5.90. The Balaban J connectivity index is 1.67. The molecule has 0 spiro atoms. The highest BCUT2D eigenvalue weighted by atomic mass is 35.5. The van der Waals surface area contributed by atoms with Crippen LogP contribution in [-0.4, -0.2) is 100 Å². The zero-order valence-corrected chi connectivity index (χ0v) is 20.1. The second-order valence-electron chi connectivity index (χ2n) is 8.48. The number of likely N-dealkylation sites (N-methyl/N-ethyl adjacent to an activating group) is 1. The number of nitrogens with one attached hydrogen (secondary N) is 1. The normalized spacial score (nSPS) is 22.6. The Hall–Kier alpha value is -1.88. The zero-order chi connectivity index (χ0) is 23.3. The topological polar surface area (TPSA) is 99.3 Å². The molecule has 1 aromatic carbocycles. The molecular formula is C21H31ClN4O5S. The highest BCUT2D eigenvalue weighted by Crippen LogP contribution is 2.27. The molecule has 0 saturated carbocycles. The van der Waals surface area contributed by atoms with Gasteiger partial charge in [-0.05, 0) is 31.3 Å². The number of sulfonamides is 1. The Labute approximate surface area is 194 Å². The first-order valence-electron chi connectivity index (χ1n) is 10.7. The lowest BCUT2D eigenvalue weighted by molar-refractivity contribution is -0.139. The number of piperidine rings is 1. The van der Waals surface area contributed by atoms with E-state index in [1.165, 1.54) is 0 Å². The average molecular weight is 487 g/mol. The molecule has 0 bridgehead atoms. The molecule has 2 aliphatic rings. The van der Waals surface area contributed by atoms with Crippen LogP contribution in [0.5, 0.6) is 5.75 Å². The first-order chi connectivity index (χ1) is 15.1. The van der Waals surface area contributed by atoms with Crippen LogP contribution in [-0.2, 0) is 19.6 Å². The number of amides is 2. The minimum atomic E-state index is -3.46. The van der Waals surface area contributed by atoms with Gasteiger partial charge in [-0.3, -0.25) is 9.59 Å². The van der Waals surface area contributed by atoms with Crippen LogP contribution in [0.4, 0.5) is 0 Å². The molecule has 0 unspecified atom stereocenters. The van der Waals surface area contributed by atoms with Gasteiger partial charge in [-0.15, -0.1) is 0 Å². The van der Waals surface area contributed by atoms with Gasteiger partial charge in [0, 0.05) is 63.1 Å². The van der Waals surface area contributed by atoms with Crippen molar-refractivity contribution >= 4 is 33.4 Å². The number of likely N-dealkylation sites (tertiary alicyclic amines) is 1. The van der Waals surface area contributed by atoms with Crippen molar-refractivity contribution in [3.63, 3.8) is 0 Å². The zero-order valence-electron chi connectivity index (χ0n) is 18.5. The van der Waals surface area contributed by atoms with E-state index in [-0.39, 0.29) is 36.8 Å². The summed E-state index contributed by atoms with van der Waals surface area (Å²) in [6, 6.07) is 7.07. The fourth-order valence-corrected chi connectivity index (χ4v) is 4.50. The van der Waals surface area contributed by atoms with E-state index in [4.69, 9.17) is 16.3 Å². The molecule has 1 aromatic rings. The van der Waals surface area contributed by atoms with Gasteiger partial charge in [-0.1, -0.05) is 11.6 Å². The van der Waals surface area contributed by atoms with Crippen molar-refractivity contribution in [1.29, 1.82) is 0 Å². The summed E-state index contributed by atoms with van der Waals surface area (Å²) in [5, 5.41) is 0.609. The molecule has 2 fully saturated rings. The average Bonchev–Trinajstić information content (AvgIpc) is 2.74. The molecule has 2 amide bonds. The van der Waals surface area contributed by atoms with E-state index in [2.05, 4.69) is 9.62 Å². The summed E-state index contributed by atoms with van der Waals surface area (Å²) in [6.45, 7) is 3.52. The third-order valence-corrected chi connectivity index (χ3v) is 6.82. The fraction of sp³-hybridized carbons (Fsp3) is 0.619. The van der Waals surface area contributed by atoms with Crippen LogP contribution in [0.1, 0.15) is 12.8 Å². The maximum absolute atomic E-state index is 13.0. The number of ether oxygens (including phenoxy) is 1. The second kappa shape index (κ2) is 10.8. The van der Waals surface area contributed by atoms with Crippen molar-refractivity contribution in [2.24, 2.45) is 5.92 Å². The van der Waals surface area contributed by atoms with Crippen LogP contribution in [0.25, 0.3) is 0 Å². The Morgan fingerprint density at radius 2 is 1.72 bits per heavy atom. The van der Waals surface area contributed by atoms with Crippen molar-refractivity contribution in [1.82, 2.24) is 19.4 Å². The minimum Gasteiger partial charge on any atom is -0.490 e. The number of carbonyl (C=O) groups excluding carboxylic acids is 2. The standard InChI is InChI=1S/C21H31ClN4O5S/c1-24-9-11-25(12-10-24)20(27)13-16-15-26(21(28)14-23-32(2,29)30)8-7-19(16)31-18-5-3-17(22)4-6-18/h3-6,16,19,23H,7-15H2,1-2H3/t16-,19-/m0/s1. The number of hydrogen-bond donors (Lipinski definition) is 1. The molecule has 0 radical (unpaired) electrons. The molecule has 2 aliphatic heterocycles. The van der Waals surface area contributed by atoms with Crippen molar-refractivity contribution in [2.45, 2.75) is 18.9 Å². The molecule has 0 aromatic heterocycles. The van der Waals surface area contributed by atoms with E-state index < -0.39 is 10.0 Å². The van der Waals surface area contributed by atoms with Gasteiger partial charge in [0.05, 0.1) is 12.8 Å². The van der Waals surface area contributed by atoms with E-state index in [1.807, 2.05) is 11.9 Å². The van der Waals surface area contributed by atoms with Crippen LogP contribution in [0.3, 0.4) is 0 Å². The number of carbonyl (C=O) groups is 2. The summed E-state index contributed by atoms with van der Waals surface area (Å²) in [6.07, 6.45) is 1.60. The van der Waals surface area contributed by atoms with Crippen molar-refractivity contribution in [3.05, 3.63) is 29.3 Å². The van der Waals surface area contributed by atoms with Gasteiger partial charge in [-0.25, -0.2) is 13.1 Å². The first-order valence-corrected chi connectivity index (χ1v) is 13.0. The highest BCUT2D eigenvalue weighted by molar-refractivity contribution is 7.88. The summed E-state index contributed by atoms with van der Waals surface area (Å²) >= 11 is 5.96. The summed E-state index contributed by atoms with van der Waals surface area (Å²) < 4.78 is 31.1. The lowest BCUT2D eigenvalue weighted by Crippen LogP contribution is -2.52. The maximum atomic E-state index is 13.0. The third kappa shape index (κ3) is 7.33. The monoisotopic (exact) mass is 486 g/mol. The molecule has 9 nitrogen and oxygen atoms in total. The Morgan fingerprint density at radius 1 is 1.06 bits per heavy atom. The van der Waals surface area contributed by atoms with Crippen molar-refractivity contribution in [3.8, 4) is 5.75 Å². The molecule has 1 N–H and O–H groups in total. The Morgan fingerprint density at radius 3 is 2.34 bits per heavy atom. The van der Waals surface area contributed by atoms with Gasteiger partial charge in [0.25, 0.3) is 0 Å². The first kappa shape index (κ1) is 24.8. The van der Waals surface area contributed by atoms with Crippen LogP contribution in [0.15, 0.2) is 24.3 Å². The SMILES string of the molecule is CN1CCN(C(=O)C[C@H]2CN(C(=O)CNS(C)(=O)=O)CC[C@@H]2Oc2ccc(Cl)cc2)CC1. The van der Waals surface area contributed by atoms with Gasteiger partial charge in [0.1, 0.15) is 11.9 Å². The van der Waals surface area contributed by atoms with E-state index in [9.17, 15) is 18.0 Å². The maximum Gasteiger partial charge on any atom is 0.237 e. The molecule has 32 heavy (non-hydrogen) atoms. The quantitative estimate of drug-likeness (QED) is 0.607. The van der Waals surface area contributed by atoms with E-state index in [0.717, 1.165) is 19.3 Å². The predicted molar refractivity (Wildman–Crippen MR) is 122 cm³/mol. The van der Waals surface area contributed by atoms with Gasteiger partial charge in [0.15, 0.2) is 0 Å². The van der Waals surface area contributed by atoms with Gasteiger partial charge >= 0.3 is 0 Å². The highest BCUT2D eigenvalue weighted by Gasteiger charge is 2.35. The smallest absolute Gasteiger partial charge is 0.237 e. The molecule has 11 heteroatoms.